The quantitative estimate of drug-likeness (QED) is 0.326. The molecule has 0 unspecified atom stereocenters. The molecule has 0 spiro atoms. The van der Waals surface area contributed by atoms with E-state index in [1.54, 1.807) is 0 Å². The molecule has 0 radical (unpaired) electrons. The van der Waals surface area contributed by atoms with Gasteiger partial charge in [0.1, 0.15) is 0 Å². The summed E-state index contributed by atoms with van der Waals surface area (Å²) in [5.41, 5.74) is 0. The molecule has 0 saturated heterocycles. The van der Waals surface area contributed by atoms with E-state index >= 15 is 0 Å². The fourth-order valence-electron chi connectivity index (χ4n) is 1.56. The Bertz CT molecular complexity index is 188. The molecule has 0 aromatic heterocycles. The monoisotopic (exact) mass is 227 g/mol. The topological polar surface area (TPSA) is 29.5 Å². The van der Waals surface area contributed by atoms with E-state index in [0.29, 0.717) is 6.61 Å². The molecule has 0 rings (SSSR count). The smallest absolute Gasteiger partial charge is 0.330 e. The fraction of sp³-hybridized carbons (Fsp3) is 0.769. The van der Waals surface area contributed by atoms with Gasteiger partial charge in [0.15, 0.2) is 0 Å². The first kappa shape index (κ1) is 15.2. The second-order valence-electron chi connectivity index (χ2n) is 3.81. The minimum atomic E-state index is -0.317. The standard InChI is InChI=1S/C13H25NO2/c1-4-13(15)16-12-10-8-7-9-11-14(5-2)6-3/h4H,1,5-12H2,2-3H3. The van der Waals surface area contributed by atoms with Gasteiger partial charge in [-0.15, -0.1) is 0 Å². The summed E-state index contributed by atoms with van der Waals surface area (Å²) in [5, 5.41) is 0. The van der Waals surface area contributed by atoms with Crippen LogP contribution < -0.4 is 0 Å². The van der Waals surface area contributed by atoms with Crippen molar-refractivity contribution in [2.45, 2.75) is 39.5 Å². The summed E-state index contributed by atoms with van der Waals surface area (Å²) < 4.78 is 4.89. The van der Waals surface area contributed by atoms with Crippen LogP contribution in [0.3, 0.4) is 0 Å². The first-order valence-electron chi connectivity index (χ1n) is 6.26. The van der Waals surface area contributed by atoms with Crippen LogP contribution in [0, 0.1) is 0 Å². The number of rotatable bonds is 10. The summed E-state index contributed by atoms with van der Waals surface area (Å²) in [6.45, 7) is 11.7. The lowest BCUT2D eigenvalue weighted by atomic mass is 10.2. The highest BCUT2D eigenvalue weighted by Crippen LogP contribution is 2.02. The van der Waals surface area contributed by atoms with E-state index < -0.39 is 0 Å². The van der Waals surface area contributed by atoms with Crippen molar-refractivity contribution in [3.05, 3.63) is 12.7 Å². The molecule has 0 heterocycles. The van der Waals surface area contributed by atoms with Crippen molar-refractivity contribution in [2.75, 3.05) is 26.2 Å². The van der Waals surface area contributed by atoms with Crippen LogP contribution in [0.25, 0.3) is 0 Å². The summed E-state index contributed by atoms with van der Waals surface area (Å²) in [6, 6.07) is 0. The number of carbonyl (C=O) groups excluding carboxylic acids is 1. The van der Waals surface area contributed by atoms with Crippen molar-refractivity contribution in [2.24, 2.45) is 0 Å². The second kappa shape index (κ2) is 10.7. The molecule has 0 aliphatic rings. The van der Waals surface area contributed by atoms with Crippen LogP contribution in [-0.2, 0) is 9.53 Å². The zero-order chi connectivity index (χ0) is 12.2. The van der Waals surface area contributed by atoms with Crippen molar-refractivity contribution in [1.29, 1.82) is 0 Å². The molecule has 0 saturated carbocycles. The van der Waals surface area contributed by atoms with Crippen LogP contribution >= 0.6 is 0 Å². The van der Waals surface area contributed by atoms with Gasteiger partial charge in [0, 0.05) is 6.08 Å². The fourth-order valence-corrected chi connectivity index (χ4v) is 1.56. The number of ether oxygens (including phenoxy) is 1. The van der Waals surface area contributed by atoms with Gasteiger partial charge in [-0.3, -0.25) is 0 Å². The second-order valence-corrected chi connectivity index (χ2v) is 3.81. The SMILES string of the molecule is C=CC(=O)OCCCCCCN(CC)CC. The van der Waals surface area contributed by atoms with Gasteiger partial charge in [-0.25, -0.2) is 4.79 Å². The molecule has 0 fully saturated rings. The molecule has 3 nitrogen and oxygen atoms in total. The van der Waals surface area contributed by atoms with Crippen molar-refractivity contribution >= 4 is 5.97 Å². The number of unbranched alkanes of at least 4 members (excludes halogenated alkanes) is 3. The molecule has 3 heteroatoms. The number of hydrogen-bond acceptors (Lipinski definition) is 3. The average Bonchev–Trinajstić information content (AvgIpc) is 2.32. The number of nitrogens with zero attached hydrogens (tertiary/aromatic N) is 1. The Hall–Kier alpha value is -0.830. The molecule has 0 aromatic rings. The van der Waals surface area contributed by atoms with Gasteiger partial charge in [0.25, 0.3) is 0 Å². The molecule has 0 amide bonds. The maximum absolute atomic E-state index is 10.7. The van der Waals surface area contributed by atoms with E-state index in [2.05, 4.69) is 25.3 Å². The van der Waals surface area contributed by atoms with E-state index in [4.69, 9.17) is 4.74 Å². The molecule has 0 bridgehead atoms. The Morgan fingerprint density at radius 2 is 1.81 bits per heavy atom. The summed E-state index contributed by atoms with van der Waals surface area (Å²) in [5.74, 6) is -0.317. The van der Waals surface area contributed by atoms with Gasteiger partial charge in [0.2, 0.25) is 0 Å². The minimum absolute atomic E-state index is 0.317. The molecule has 0 aromatic carbocycles. The molecule has 0 aliphatic heterocycles. The Labute approximate surface area is 99.5 Å². The Kier molecular flexibility index (Phi) is 10.1. The van der Waals surface area contributed by atoms with Gasteiger partial charge in [-0.2, -0.15) is 0 Å². The van der Waals surface area contributed by atoms with Gasteiger partial charge in [-0.1, -0.05) is 33.3 Å². The van der Waals surface area contributed by atoms with Gasteiger partial charge in [0.05, 0.1) is 6.61 Å². The Morgan fingerprint density at radius 1 is 1.19 bits per heavy atom. The van der Waals surface area contributed by atoms with Crippen LogP contribution in [-0.4, -0.2) is 37.1 Å². The summed E-state index contributed by atoms with van der Waals surface area (Å²) in [4.78, 5) is 13.1. The maximum atomic E-state index is 10.7. The summed E-state index contributed by atoms with van der Waals surface area (Å²) >= 11 is 0. The number of carbonyl (C=O) groups is 1. The molecule has 0 atom stereocenters. The average molecular weight is 227 g/mol. The zero-order valence-electron chi connectivity index (χ0n) is 10.7. The number of hydrogen-bond donors (Lipinski definition) is 0. The van der Waals surface area contributed by atoms with Crippen LogP contribution in [0.15, 0.2) is 12.7 Å². The lowest BCUT2D eigenvalue weighted by Gasteiger charge is -2.17. The molecule has 0 N–H and O–H groups in total. The highest BCUT2D eigenvalue weighted by molar-refractivity contribution is 5.81. The number of esters is 1. The van der Waals surface area contributed by atoms with Crippen LogP contribution in [0.2, 0.25) is 0 Å². The van der Waals surface area contributed by atoms with Crippen LogP contribution in [0.4, 0.5) is 0 Å². The highest BCUT2D eigenvalue weighted by atomic mass is 16.5. The minimum Gasteiger partial charge on any atom is -0.463 e. The van der Waals surface area contributed by atoms with Crippen molar-refractivity contribution in [1.82, 2.24) is 4.90 Å². The molecule has 94 valence electrons. The first-order valence-corrected chi connectivity index (χ1v) is 6.26. The van der Waals surface area contributed by atoms with Crippen LogP contribution in [0.5, 0.6) is 0 Å². The van der Waals surface area contributed by atoms with Gasteiger partial charge in [-0.05, 0) is 32.5 Å². The third kappa shape index (κ3) is 8.48. The highest BCUT2D eigenvalue weighted by Gasteiger charge is 1.98. The van der Waals surface area contributed by atoms with Gasteiger partial charge >= 0.3 is 5.97 Å². The van der Waals surface area contributed by atoms with E-state index in [0.717, 1.165) is 25.9 Å². The molecule has 0 aliphatic carbocycles. The van der Waals surface area contributed by atoms with Crippen molar-refractivity contribution in [3.8, 4) is 0 Å². The maximum Gasteiger partial charge on any atom is 0.330 e. The lowest BCUT2D eigenvalue weighted by Crippen LogP contribution is -2.23. The zero-order valence-corrected chi connectivity index (χ0v) is 10.7. The van der Waals surface area contributed by atoms with Gasteiger partial charge < -0.3 is 9.64 Å². The predicted octanol–water partition coefficient (Wildman–Crippen LogP) is 2.62. The normalized spacial score (nSPS) is 10.4. The lowest BCUT2D eigenvalue weighted by molar-refractivity contribution is -0.137. The molecule has 16 heavy (non-hydrogen) atoms. The third-order valence-corrected chi connectivity index (χ3v) is 2.67. The third-order valence-electron chi connectivity index (χ3n) is 2.67. The van der Waals surface area contributed by atoms with Crippen molar-refractivity contribution < 1.29 is 9.53 Å². The summed E-state index contributed by atoms with van der Waals surface area (Å²) in [6.07, 6.45) is 5.74. The summed E-state index contributed by atoms with van der Waals surface area (Å²) in [7, 11) is 0. The first-order chi connectivity index (χ1) is 7.74. The Balaban J connectivity index is 3.21. The molecular formula is C13H25NO2. The van der Waals surface area contributed by atoms with Crippen molar-refractivity contribution in [3.63, 3.8) is 0 Å². The predicted molar refractivity (Wildman–Crippen MR) is 67.4 cm³/mol. The van der Waals surface area contributed by atoms with E-state index in [-0.39, 0.29) is 5.97 Å². The molecular weight excluding hydrogens is 202 g/mol. The van der Waals surface area contributed by atoms with Crippen LogP contribution in [0.1, 0.15) is 39.5 Å². The van der Waals surface area contributed by atoms with E-state index in [9.17, 15) is 4.79 Å². The van der Waals surface area contributed by atoms with E-state index in [1.165, 1.54) is 25.5 Å². The van der Waals surface area contributed by atoms with E-state index in [1.807, 2.05) is 0 Å². The Morgan fingerprint density at radius 3 is 2.38 bits per heavy atom. The largest absolute Gasteiger partial charge is 0.463 e.